The van der Waals surface area contributed by atoms with Crippen molar-refractivity contribution in [1.29, 1.82) is 0 Å². The van der Waals surface area contributed by atoms with Gasteiger partial charge in [0, 0.05) is 36.2 Å². The zero-order valence-corrected chi connectivity index (χ0v) is 13.5. The highest BCUT2D eigenvalue weighted by atomic mass is 32.1. The Morgan fingerprint density at radius 3 is 2.96 bits per heavy atom. The first-order chi connectivity index (χ1) is 11.2. The van der Waals surface area contributed by atoms with Gasteiger partial charge >= 0.3 is 0 Å². The SMILES string of the molecule is O=C(/C=C/c1cccs1)Nc1cccc(CN2CCCC2=O)c1. The van der Waals surface area contributed by atoms with E-state index in [0.29, 0.717) is 13.0 Å². The number of hydrogen-bond donors (Lipinski definition) is 1. The van der Waals surface area contributed by atoms with Gasteiger partial charge in [0.05, 0.1) is 0 Å². The molecule has 1 saturated heterocycles. The monoisotopic (exact) mass is 326 g/mol. The summed E-state index contributed by atoms with van der Waals surface area (Å²) in [4.78, 5) is 26.5. The smallest absolute Gasteiger partial charge is 0.248 e. The largest absolute Gasteiger partial charge is 0.338 e. The average Bonchev–Trinajstić information content (AvgIpc) is 3.18. The Morgan fingerprint density at radius 2 is 2.22 bits per heavy atom. The Bertz CT molecular complexity index is 722. The third-order valence-electron chi connectivity index (χ3n) is 3.68. The van der Waals surface area contributed by atoms with Crippen LogP contribution < -0.4 is 5.32 Å². The fraction of sp³-hybridized carbons (Fsp3) is 0.222. The van der Waals surface area contributed by atoms with Gasteiger partial charge in [-0.2, -0.15) is 0 Å². The van der Waals surface area contributed by atoms with Crippen molar-refractivity contribution in [3.63, 3.8) is 0 Å². The molecule has 1 aromatic heterocycles. The van der Waals surface area contributed by atoms with E-state index < -0.39 is 0 Å². The maximum atomic E-state index is 12.0. The van der Waals surface area contributed by atoms with E-state index >= 15 is 0 Å². The lowest BCUT2D eigenvalue weighted by atomic mass is 10.2. The molecule has 2 aromatic rings. The third kappa shape index (κ3) is 4.29. The molecule has 5 heteroatoms. The quantitative estimate of drug-likeness (QED) is 0.855. The van der Waals surface area contributed by atoms with E-state index in [1.54, 1.807) is 17.4 Å². The normalized spacial score (nSPS) is 14.6. The van der Waals surface area contributed by atoms with Gasteiger partial charge in [-0.1, -0.05) is 18.2 Å². The van der Waals surface area contributed by atoms with Gasteiger partial charge in [0.1, 0.15) is 0 Å². The van der Waals surface area contributed by atoms with E-state index in [9.17, 15) is 9.59 Å². The molecule has 4 nitrogen and oxygen atoms in total. The van der Waals surface area contributed by atoms with Gasteiger partial charge in [-0.15, -0.1) is 11.3 Å². The van der Waals surface area contributed by atoms with Gasteiger partial charge in [0.2, 0.25) is 11.8 Å². The minimum Gasteiger partial charge on any atom is -0.338 e. The van der Waals surface area contributed by atoms with Crippen LogP contribution >= 0.6 is 11.3 Å². The molecule has 0 radical (unpaired) electrons. The van der Waals surface area contributed by atoms with Gasteiger partial charge in [0.15, 0.2) is 0 Å². The van der Waals surface area contributed by atoms with E-state index in [0.717, 1.165) is 29.1 Å². The zero-order chi connectivity index (χ0) is 16.1. The fourth-order valence-corrected chi connectivity index (χ4v) is 3.18. The van der Waals surface area contributed by atoms with Crippen LogP contribution in [-0.4, -0.2) is 23.3 Å². The number of rotatable bonds is 5. The van der Waals surface area contributed by atoms with Crippen molar-refractivity contribution < 1.29 is 9.59 Å². The number of hydrogen-bond acceptors (Lipinski definition) is 3. The molecule has 0 bridgehead atoms. The van der Waals surface area contributed by atoms with Gasteiger partial charge in [-0.25, -0.2) is 0 Å². The van der Waals surface area contributed by atoms with Gasteiger partial charge < -0.3 is 10.2 Å². The predicted molar refractivity (Wildman–Crippen MR) is 93.1 cm³/mol. The summed E-state index contributed by atoms with van der Waals surface area (Å²) in [5.74, 6) is 0.0473. The number of thiophene rings is 1. The second-order valence-electron chi connectivity index (χ2n) is 5.46. The molecular weight excluding hydrogens is 308 g/mol. The van der Waals surface area contributed by atoms with Crippen LogP contribution in [0.2, 0.25) is 0 Å². The minimum absolute atomic E-state index is 0.159. The van der Waals surface area contributed by atoms with Gasteiger partial charge in [-0.05, 0) is 41.6 Å². The summed E-state index contributed by atoms with van der Waals surface area (Å²) in [5, 5.41) is 4.83. The molecule has 1 aliphatic heterocycles. The molecule has 2 heterocycles. The Balaban J connectivity index is 1.60. The lowest BCUT2D eigenvalue weighted by Gasteiger charge is -2.16. The van der Waals surface area contributed by atoms with Crippen molar-refractivity contribution in [2.45, 2.75) is 19.4 Å². The number of nitrogens with zero attached hydrogens (tertiary/aromatic N) is 1. The van der Waals surface area contributed by atoms with E-state index in [-0.39, 0.29) is 11.8 Å². The van der Waals surface area contributed by atoms with Crippen LogP contribution in [0.15, 0.2) is 47.9 Å². The van der Waals surface area contributed by atoms with Crippen molar-refractivity contribution in [2.24, 2.45) is 0 Å². The highest BCUT2D eigenvalue weighted by Gasteiger charge is 2.19. The topological polar surface area (TPSA) is 49.4 Å². The van der Waals surface area contributed by atoms with Crippen molar-refractivity contribution in [2.75, 3.05) is 11.9 Å². The minimum atomic E-state index is -0.159. The molecule has 1 aliphatic rings. The average molecular weight is 326 g/mol. The van der Waals surface area contributed by atoms with Crippen LogP contribution in [0.3, 0.4) is 0 Å². The first kappa shape index (κ1) is 15.5. The molecular formula is C18H18N2O2S. The molecule has 0 aliphatic carbocycles. The molecule has 0 unspecified atom stereocenters. The molecule has 3 rings (SSSR count). The van der Waals surface area contributed by atoms with Crippen LogP contribution in [0.1, 0.15) is 23.3 Å². The van der Waals surface area contributed by atoms with Crippen molar-refractivity contribution >= 4 is 34.9 Å². The van der Waals surface area contributed by atoms with Crippen LogP contribution in [0.25, 0.3) is 6.08 Å². The summed E-state index contributed by atoms with van der Waals surface area (Å²) in [6.45, 7) is 1.42. The van der Waals surface area contributed by atoms with Gasteiger partial charge in [0.25, 0.3) is 0 Å². The second-order valence-corrected chi connectivity index (χ2v) is 6.44. The maximum Gasteiger partial charge on any atom is 0.248 e. The number of carbonyl (C=O) groups is 2. The molecule has 118 valence electrons. The summed E-state index contributed by atoms with van der Waals surface area (Å²) in [6.07, 6.45) is 4.90. The number of carbonyl (C=O) groups excluding carboxylic acids is 2. The Labute approximate surface area is 139 Å². The second kappa shape index (κ2) is 7.24. The molecule has 2 amide bonds. The number of anilines is 1. The lowest BCUT2D eigenvalue weighted by Crippen LogP contribution is -2.23. The number of amides is 2. The zero-order valence-electron chi connectivity index (χ0n) is 12.7. The molecule has 1 fully saturated rings. The summed E-state index contributed by atoms with van der Waals surface area (Å²) >= 11 is 1.59. The van der Waals surface area contributed by atoms with Crippen LogP contribution in [0.5, 0.6) is 0 Å². The molecule has 1 N–H and O–H groups in total. The molecule has 0 saturated carbocycles. The van der Waals surface area contributed by atoms with Crippen molar-refractivity contribution in [1.82, 2.24) is 4.90 Å². The highest BCUT2D eigenvalue weighted by molar-refractivity contribution is 7.10. The maximum absolute atomic E-state index is 12.0. The molecule has 1 aromatic carbocycles. The van der Waals surface area contributed by atoms with Crippen LogP contribution in [0.4, 0.5) is 5.69 Å². The molecule has 0 spiro atoms. The lowest BCUT2D eigenvalue weighted by molar-refractivity contribution is -0.128. The number of nitrogens with one attached hydrogen (secondary N) is 1. The van der Waals surface area contributed by atoms with Crippen LogP contribution in [0, 0.1) is 0 Å². The van der Waals surface area contributed by atoms with Gasteiger partial charge in [-0.3, -0.25) is 9.59 Å². The van der Waals surface area contributed by atoms with Crippen molar-refractivity contribution in [3.8, 4) is 0 Å². The van der Waals surface area contributed by atoms with E-state index in [4.69, 9.17) is 0 Å². The summed E-state index contributed by atoms with van der Waals surface area (Å²) in [7, 11) is 0. The predicted octanol–water partition coefficient (Wildman–Crippen LogP) is 3.52. The van der Waals surface area contributed by atoms with Crippen molar-refractivity contribution in [3.05, 3.63) is 58.3 Å². The molecule has 0 atom stereocenters. The first-order valence-corrected chi connectivity index (χ1v) is 8.48. The first-order valence-electron chi connectivity index (χ1n) is 7.60. The third-order valence-corrected chi connectivity index (χ3v) is 4.52. The number of likely N-dealkylation sites (tertiary alicyclic amines) is 1. The molecule has 23 heavy (non-hydrogen) atoms. The van der Waals surface area contributed by atoms with E-state index in [1.807, 2.05) is 46.7 Å². The summed E-state index contributed by atoms with van der Waals surface area (Å²) < 4.78 is 0. The Kier molecular flexibility index (Phi) is 4.88. The Morgan fingerprint density at radius 1 is 1.30 bits per heavy atom. The highest BCUT2D eigenvalue weighted by Crippen LogP contribution is 2.17. The van der Waals surface area contributed by atoms with Crippen LogP contribution in [-0.2, 0) is 16.1 Å². The Hall–Kier alpha value is -2.40. The van der Waals surface area contributed by atoms with E-state index in [1.165, 1.54) is 6.08 Å². The fourth-order valence-electron chi connectivity index (χ4n) is 2.57. The number of benzene rings is 1. The standard InChI is InChI=1S/C18H18N2O2S/c21-17(9-8-16-6-3-11-23-16)19-15-5-1-4-14(12-15)13-20-10-2-7-18(20)22/h1,3-6,8-9,11-12H,2,7,10,13H2,(H,19,21)/b9-8+. The van der Waals surface area contributed by atoms with E-state index in [2.05, 4.69) is 5.32 Å². The summed E-state index contributed by atoms with van der Waals surface area (Å²) in [5.41, 5.74) is 1.77. The summed E-state index contributed by atoms with van der Waals surface area (Å²) in [6, 6.07) is 11.6.